The fraction of sp³-hybridized carbons (Fsp3) is 0.500. The van der Waals surface area contributed by atoms with Crippen molar-refractivity contribution in [1.82, 2.24) is 10.3 Å². The summed E-state index contributed by atoms with van der Waals surface area (Å²) in [5, 5.41) is 2.53. The van der Waals surface area contributed by atoms with Crippen LogP contribution in [-0.2, 0) is 9.53 Å². The number of hydrogen-bond donors (Lipinski definition) is 1. The maximum Gasteiger partial charge on any atom is 0.408 e. The third-order valence-electron chi connectivity index (χ3n) is 2.84. The first-order chi connectivity index (χ1) is 10.2. The third-order valence-corrected chi connectivity index (χ3v) is 3.28. The predicted molar refractivity (Wildman–Crippen MR) is 84.0 cm³/mol. The Labute approximate surface area is 137 Å². The third kappa shape index (κ3) is 3.88. The number of fused-ring (bicyclic) bond motifs is 1. The molecule has 1 atom stereocenters. The minimum absolute atomic E-state index is 0.00749. The summed E-state index contributed by atoms with van der Waals surface area (Å²) in [5.74, 6) is 0.555. The van der Waals surface area contributed by atoms with Crippen LogP contribution in [0.4, 0.5) is 10.6 Å². The highest BCUT2D eigenvalue weighted by Crippen LogP contribution is 2.30. The summed E-state index contributed by atoms with van der Waals surface area (Å²) in [6, 6.07) is 0.884. The first-order valence-corrected chi connectivity index (χ1v) is 7.52. The van der Waals surface area contributed by atoms with Crippen LogP contribution < -0.4 is 15.0 Å². The molecule has 0 bridgehead atoms. The fourth-order valence-corrected chi connectivity index (χ4v) is 2.22. The molecule has 1 N–H and O–H groups in total. The number of nitrogens with zero attached hydrogens (tertiary/aromatic N) is 2. The zero-order valence-electron chi connectivity index (χ0n) is 12.8. The lowest BCUT2D eigenvalue weighted by atomic mass is 10.2. The van der Waals surface area contributed by atoms with Gasteiger partial charge in [-0.2, -0.15) is 0 Å². The zero-order chi connectivity index (χ0) is 16.5. The van der Waals surface area contributed by atoms with Crippen LogP contribution >= 0.6 is 15.9 Å². The average Bonchev–Trinajstić information content (AvgIpc) is 2.49. The molecule has 120 valence electrons. The molecule has 2 rings (SSSR count). The highest BCUT2D eigenvalue weighted by Gasteiger charge is 2.32. The van der Waals surface area contributed by atoms with Crippen molar-refractivity contribution in [2.75, 3.05) is 18.6 Å². The molecule has 0 spiro atoms. The van der Waals surface area contributed by atoms with Gasteiger partial charge in [0, 0.05) is 17.7 Å². The van der Waals surface area contributed by atoms with Gasteiger partial charge in [-0.05, 0) is 42.8 Å². The maximum atomic E-state index is 12.4. The summed E-state index contributed by atoms with van der Waals surface area (Å²) in [6.45, 7) is 5.26. The maximum absolute atomic E-state index is 12.4. The SMILES string of the molecule is CN1C(=O)[C@@H](NC(=O)OC(C)(C)C)COc2cc(Br)cnc21. The molecule has 0 fully saturated rings. The standard InChI is InChI=1S/C14H18BrN3O4/c1-14(2,3)22-13(20)17-9-7-21-10-5-8(15)6-16-11(10)18(4)12(9)19/h5-6,9H,7H2,1-4H3,(H,17,20)/t9-/m0/s1. The van der Waals surface area contributed by atoms with Crippen molar-refractivity contribution in [2.45, 2.75) is 32.4 Å². The molecule has 1 aromatic heterocycles. The first kappa shape index (κ1) is 16.5. The molecule has 1 aromatic rings. The number of hydrogen-bond acceptors (Lipinski definition) is 5. The Bertz CT molecular complexity index is 600. The van der Waals surface area contributed by atoms with Crippen LogP contribution in [0, 0.1) is 0 Å². The molecule has 8 heteroatoms. The lowest BCUT2D eigenvalue weighted by Gasteiger charge is -2.23. The van der Waals surface area contributed by atoms with Crippen molar-refractivity contribution in [1.29, 1.82) is 0 Å². The van der Waals surface area contributed by atoms with Gasteiger partial charge in [-0.1, -0.05) is 0 Å². The van der Waals surface area contributed by atoms with Crippen LogP contribution in [0.15, 0.2) is 16.7 Å². The van der Waals surface area contributed by atoms with Gasteiger partial charge in [-0.15, -0.1) is 0 Å². The Hall–Kier alpha value is -1.83. The van der Waals surface area contributed by atoms with Gasteiger partial charge >= 0.3 is 6.09 Å². The predicted octanol–water partition coefficient (Wildman–Crippen LogP) is 2.09. The van der Waals surface area contributed by atoms with Crippen molar-refractivity contribution in [2.24, 2.45) is 0 Å². The van der Waals surface area contributed by atoms with E-state index in [1.165, 1.54) is 4.90 Å². The molecule has 22 heavy (non-hydrogen) atoms. The summed E-state index contributed by atoms with van der Waals surface area (Å²) in [7, 11) is 1.58. The van der Waals surface area contributed by atoms with Gasteiger partial charge in [-0.25, -0.2) is 9.78 Å². The van der Waals surface area contributed by atoms with E-state index in [9.17, 15) is 9.59 Å². The zero-order valence-corrected chi connectivity index (χ0v) is 14.4. The molecule has 0 radical (unpaired) electrons. The van der Waals surface area contributed by atoms with E-state index in [1.807, 2.05) is 0 Å². The van der Waals surface area contributed by atoms with E-state index in [2.05, 4.69) is 26.2 Å². The first-order valence-electron chi connectivity index (χ1n) is 6.73. The van der Waals surface area contributed by atoms with E-state index in [1.54, 1.807) is 40.1 Å². The van der Waals surface area contributed by atoms with Gasteiger partial charge in [-0.3, -0.25) is 9.69 Å². The van der Waals surface area contributed by atoms with Crippen molar-refractivity contribution in [3.8, 4) is 5.75 Å². The molecule has 0 saturated heterocycles. The number of rotatable bonds is 1. The van der Waals surface area contributed by atoms with Crippen molar-refractivity contribution in [3.05, 3.63) is 16.7 Å². The van der Waals surface area contributed by atoms with Crippen LogP contribution in [0.2, 0.25) is 0 Å². The van der Waals surface area contributed by atoms with Gasteiger partial charge < -0.3 is 14.8 Å². The normalized spacial score (nSPS) is 18.1. The summed E-state index contributed by atoms with van der Waals surface area (Å²) in [5.41, 5.74) is -0.639. The van der Waals surface area contributed by atoms with Crippen molar-refractivity contribution >= 4 is 33.7 Å². The second-order valence-corrected chi connectivity index (χ2v) is 6.80. The molecule has 1 aliphatic rings. The smallest absolute Gasteiger partial charge is 0.408 e. The number of ether oxygens (including phenoxy) is 2. The van der Waals surface area contributed by atoms with Gasteiger partial charge in [0.2, 0.25) is 0 Å². The monoisotopic (exact) mass is 371 g/mol. The van der Waals surface area contributed by atoms with E-state index < -0.39 is 17.7 Å². The topological polar surface area (TPSA) is 80.8 Å². The number of pyridine rings is 1. The van der Waals surface area contributed by atoms with Crippen LogP contribution in [0.25, 0.3) is 0 Å². The minimum atomic E-state index is -0.840. The van der Waals surface area contributed by atoms with Gasteiger partial charge in [0.05, 0.1) is 0 Å². The summed E-state index contributed by atoms with van der Waals surface area (Å²) in [6.07, 6.45) is 0.913. The highest BCUT2D eigenvalue weighted by atomic mass is 79.9. The molecule has 2 amide bonds. The van der Waals surface area contributed by atoms with Crippen LogP contribution in [0.1, 0.15) is 20.8 Å². The summed E-state index contributed by atoms with van der Waals surface area (Å²) >= 11 is 3.30. The number of alkyl carbamates (subject to hydrolysis) is 1. The molecule has 0 saturated carbocycles. The van der Waals surface area contributed by atoms with Crippen molar-refractivity contribution in [3.63, 3.8) is 0 Å². The van der Waals surface area contributed by atoms with Gasteiger partial charge in [0.1, 0.15) is 18.2 Å². The average molecular weight is 372 g/mol. The number of carbonyl (C=O) groups is 2. The number of likely N-dealkylation sites (N-methyl/N-ethyl adjacent to an activating group) is 1. The Morgan fingerprint density at radius 1 is 1.55 bits per heavy atom. The number of aromatic nitrogens is 1. The number of anilines is 1. The number of nitrogens with one attached hydrogen (secondary N) is 1. The van der Waals surface area contributed by atoms with Crippen LogP contribution in [0.5, 0.6) is 5.75 Å². The molecule has 0 aromatic carbocycles. The molecular formula is C14H18BrN3O4. The second-order valence-electron chi connectivity index (χ2n) is 5.88. The number of halogens is 1. The number of amides is 2. The van der Waals surface area contributed by atoms with Gasteiger partial charge in [0.15, 0.2) is 11.6 Å². The molecule has 7 nitrogen and oxygen atoms in total. The molecule has 0 aliphatic carbocycles. The molecular weight excluding hydrogens is 354 g/mol. The van der Waals surface area contributed by atoms with Crippen LogP contribution in [0.3, 0.4) is 0 Å². The Morgan fingerprint density at radius 2 is 2.23 bits per heavy atom. The molecule has 1 aliphatic heterocycles. The lowest BCUT2D eigenvalue weighted by Crippen LogP contribution is -2.50. The van der Waals surface area contributed by atoms with Crippen molar-refractivity contribution < 1.29 is 19.1 Å². The Kier molecular flexibility index (Phi) is 4.60. The van der Waals surface area contributed by atoms with E-state index in [0.29, 0.717) is 11.6 Å². The van der Waals surface area contributed by atoms with E-state index in [4.69, 9.17) is 9.47 Å². The highest BCUT2D eigenvalue weighted by molar-refractivity contribution is 9.10. The van der Waals surface area contributed by atoms with Gasteiger partial charge in [0.25, 0.3) is 5.91 Å². The lowest BCUT2D eigenvalue weighted by molar-refractivity contribution is -0.120. The molecule has 2 heterocycles. The van der Waals surface area contributed by atoms with E-state index in [-0.39, 0.29) is 12.5 Å². The van der Waals surface area contributed by atoms with Crippen LogP contribution in [-0.4, -0.2) is 42.3 Å². The fourth-order valence-electron chi connectivity index (χ4n) is 1.91. The summed E-state index contributed by atoms with van der Waals surface area (Å²) in [4.78, 5) is 29.8. The summed E-state index contributed by atoms with van der Waals surface area (Å²) < 4.78 is 11.5. The van der Waals surface area contributed by atoms with E-state index in [0.717, 1.165) is 4.47 Å². The number of carbonyl (C=O) groups excluding carboxylic acids is 2. The molecule has 0 unspecified atom stereocenters. The van der Waals surface area contributed by atoms with E-state index >= 15 is 0 Å². The Balaban J connectivity index is 2.14. The largest absolute Gasteiger partial charge is 0.487 e. The quantitative estimate of drug-likeness (QED) is 0.817. The Morgan fingerprint density at radius 3 is 2.86 bits per heavy atom. The second kappa shape index (κ2) is 6.12. The minimum Gasteiger partial charge on any atom is -0.487 e.